The molecule has 2 aliphatic rings. The lowest BCUT2D eigenvalue weighted by molar-refractivity contribution is 0.234. The van der Waals surface area contributed by atoms with Crippen molar-refractivity contribution in [2.75, 3.05) is 17.7 Å². The van der Waals surface area contributed by atoms with Crippen LogP contribution in [-0.4, -0.2) is 63.2 Å². The first-order valence-corrected chi connectivity index (χ1v) is 12.6. The second-order valence-electron chi connectivity index (χ2n) is 8.53. The number of nitrogens with one attached hydrogen (secondary N) is 3. The molecule has 2 aliphatic heterocycles. The van der Waals surface area contributed by atoms with E-state index in [1.807, 2.05) is 6.07 Å². The topological polar surface area (TPSA) is 145 Å². The number of aliphatic hydroxyl groups is 1. The number of hydrogen-bond acceptors (Lipinski definition) is 9. The standard InChI is InChI=1S/C22H27N7O4S/c1-33-21-12-19(24-20-11-15(13-30)27-28-20)25-22(26-21)23-14-9-16-7-8-17(10-14)29(16)34(31,32)18-5-3-2-4-6-18/h2-6,11-12,14,16-17,30H,7-10,13H2,1H3,(H3,23,24,25,26,27,28)/t14?,16-,17+. The van der Waals surface area contributed by atoms with Gasteiger partial charge in [-0.2, -0.15) is 19.4 Å². The number of aliphatic hydroxyl groups excluding tert-OH is 1. The molecule has 12 heteroatoms. The average molecular weight is 486 g/mol. The number of ether oxygens (including phenoxy) is 1. The smallest absolute Gasteiger partial charge is 0.243 e. The van der Waals surface area contributed by atoms with Crippen molar-refractivity contribution >= 4 is 27.6 Å². The molecule has 2 aromatic heterocycles. The summed E-state index contributed by atoms with van der Waals surface area (Å²) in [5.74, 6) is 1.76. The van der Waals surface area contributed by atoms with Gasteiger partial charge in [0.25, 0.3) is 0 Å². The molecule has 5 rings (SSSR count). The van der Waals surface area contributed by atoms with Crippen LogP contribution in [0, 0.1) is 0 Å². The van der Waals surface area contributed by atoms with Crippen LogP contribution in [0.4, 0.5) is 17.6 Å². The van der Waals surface area contributed by atoms with Crippen molar-refractivity contribution in [2.24, 2.45) is 0 Å². The van der Waals surface area contributed by atoms with E-state index in [2.05, 4.69) is 30.8 Å². The number of sulfonamides is 1. The second kappa shape index (κ2) is 9.20. The van der Waals surface area contributed by atoms with Crippen LogP contribution < -0.4 is 15.4 Å². The molecule has 0 radical (unpaired) electrons. The predicted molar refractivity (Wildman–Crippen MR) is 125 cm³/mol. The number of benzene rings is 1. The molecule has 3 atom stereocenters. The van der Waals surface area contributed by atoms with Crippen LogP contribution in [0.2, 0.25) is 0 Å². The first-order valence-electron chi connectivity index (χ1n) is 11.2. The third kappa shape index (κ3) is 4.43. The number of hydrogen-bond donors (Lipinski definition) is 4. The SMILES string of the molecule is COc1cc(Nc2cc(CO)[nH]n2)nc(NC2C[C@H]3CC[C@@H](C2)N3S(=O)(=O)c2ccccc2)n1. The minimum absolute atomic E-state index is 0.0334. The minimum atomic E-state index is -3.53. The van der Waals surface area contributed by atoms with Crippen molar-refractivity contribution in [3.63, 3.8) is 0 Å². The highest BCUT2D eigenvalue weighted by atomic mass is 32.2. The van der Waals surface area contributed by atoms with E-state index in [-0.39, 0.29) is 24.7 Å². The predicted octanol–water partition coefficient (Wildman–Crippen LogP) is 2.24. The zero-order valence-corrected chi connectivity index (χ0v) is 19.5. The monoisotopic (exact) mass is 485 g/mol. The fourth-order valence-corrected chi connectivity index (χ4v) is 6.75. The van der Waals surface area contributed by atoms with Gasteiger partial charge >= 0.3 is 0 Å². The summed E-state index contributed by atoms with van der Waals surface area (Å²) < 4.78 is 33.6. The maximum atomic E-state index is 13.3. The van der Waals surface area contributed by atoms with E-state index >= 15 is 0 Å². The number of nitrogens with zero attached hydrogens (tertiary/aromatic N) is 4. The molecule has 180 valence electrons. The molecule has 0 amide bonds. The Balaban J connectivity index is 1.31. The van der Waals surface area contributed by atoms with Gasteiger partial charge < -0.3 is 20.5 Å². The van der Waals surface area contributed by atoms with Gasteiger partial charge in [-0.05, 0) is 37.8 Å². The summed E-state index contributed by atoms with van der Waals surface area (Å²) in [6, 6.07) is 11.9. The van der Waals surface area contributed by atoms with Crippen molar-refractivity contribution in [2.45, 2.75) is 55.3 Å². The molecule has 4 heterocycles. The molecule has 0 saturated carbocycles. The number of rotatable bonds is 8. The number of methoxy groups -OCH3 is 1. The number of aromatic nitrogens is 4. The van der Waals surface area contributed by atoms with Crippen molar-refractivity contribution in [3.8, 4) is 5.88 Å². The van der Waals surface area contributed by atoms with Crippen molar-refractivity contribution < 1.29 is 18.3 Å². The molecule has 1 unspecified atom stereocenters. The van der Waals surface area contributed by atoms with Gasteiger partial charge in [-0.1, -0.05) is 18.2 Å². The summed E-state index contributed by atoms with van der Waals surface area (Å²) in [5.41, 5.74) is 0.578. The van der Waals surface area contributed by atoms with Crippen LogP contribution in [0.5, 0.6) is 5.88 Å². The molecular weight excluding hydrogens is 458 g/mol. The number of H-pyrrole nitrogens is 1. The van der Waals surface area contributed by atoms with Gasteiger partial charge in [0.2, 0.25) is 21.9 Å². The molecule has 2 saturated heterocycles. The molecular formula is C22H27N7O4S. The molecule has 3 aromatic rings. The number of fused-ring (bicyclic) bond motifs is 2. The summed E-state index contributed by atoms with van der Waals surface area (Å²) in [6.07, 6.45) is 3.02. The normalized spacial score (nSPS) is 22.5. The molecule has 34 heavy (non-hydrogen) atoms. The zero-order valence-electron chi connectivity index (χ0n) is 18.7. The largest absolute Gasteiger partial charge is 0.481 e. The van der Waals surface area contributed by atoms with E-state index in [9.17, 15) is 13.5 Å². The lowest BCUT2D eigenvalue weighted by Gasteiger charge is -2.38. The van der Waals surface area contributed by atoms with Crippen molar-refractivity contribution in [1.82, 2.24) is 24.5 Å². The third-order valence-corrected chi connectivity index (χ3v) is 8.31. The Kier molecular flexibility index (Phi) is 6.11. The molecule has 2 fully saturated rings. The maximum absolute atomic E-state index is 13.3. The Morgan fingerprint density at radius 3 is 2.50 bits per heavy atom. The summed E-state index contributed by atoms with van der Waals surface area (Å²) in [7, 11) is -2.00. The van der Waals surface area contributed by atoms with E-state index in [1.54, 1.807) is 40.7 Å². The average Bonchev–Trinajstić information content (AvgIpc) is 3.41. The van der Waals surface area contributed by atoms with Crippen LogP contribution in [-0.2, 0) is 16.6 Å². The Labute approximate surface area is 197 Å². The first kappa shape index (κ1) is 22.6. The summed E-state index contributed by atoms with van der Waals surface area (Å²) >= 11 is 0. The number of piperidine rings is 1. The number of aromatic amines is 1. The van der Waals surface area contributed by atoms with E-state index in [1.165, 1.54) is 7.11 Å². The molecule has 1 aromatic carbocycles. The van der Waals surface area contributed by atoms with E-state index in [4.69, 9.17) is 4.74 Å². The fraction of sp³-hybridized carbons (Fsp3) is 0.409. The molecule has 0 spiro atoms. The first-order chi connectivity index (χ1) is 16.5. The van der Waals surface area contributed by atoms with Gasteiger partial charge in [-0.15, -0.1) is 0 Å². The summed E-state index contributed by atoms with van der Waals surface area (Å²) in [5, 5.41) is 22.5. The van der Waals surface area contributed by atoms with Gasteiger partial charge in [-0.25, -0.2) is 8.42 Å². The van der Waals surface area contributed by atoms with Crippen molar-refractivity contribution in [1.29, 1.82) is 0 Å². The van der Waals surface area contributed by atoms with Crippen LogP contribution >= 0.6 is 0 Å². The zero-order chi connectivity index (χ0) is 23.7. The van der Waals surface area contributed by atoms with Gasteiger partial charge in [0.1, 0.15) is 5.82 Å². The highest BCUT2D eigenvalue weighted by molar-refractivity contribution is 7.89. The number of anilines is 3. The second-order valence-corrected chi connectivity index (χ2v) is 10.4. The highest BCUT2D eigenvalue weighted by Gasteiger charge is 2.47. The lowest BCUT2D eigenvalue weighted by Crippen LogP contribution is -2.49. The highest BCUT2D eigenvalue weighted by Crippen LogP contribution is 2.40. The van der Waals surface area contributed by atoms with Gasteiger partial charge in [0.15, 0.2) is 5.82 Å². The van der Waals surface area contributed by atoms with Crippen LogP contribution in [0.3, 0.4) is 0 Å². The van der Waals surface area contributed by atoms with Crippen LogP contribution in [0.25, 0.3) is 0 Å². The van der Waals surface area contributed by atoms with Crippen LogP contribution in [0.1, 0.15) is 31.4 Å². The Morgan fingerprint density at radius 2 is 1.85 bits per heavy atom. The fourth-order valence-electron chi connectivity index (χ4n) is 4.84. The lowest BCUT2D eigenvalue weighted by atomic mass is 10.00. The van der Waals surface area contributed by atoms with E-state index in [0.717, 1.165) is 12.8 Å². The van der Waals surface area contributed by atoms with E-state index in [0.29, 0.717) is 46.9 Å². The Morgan fingerprint density at radius 1 is 1.12 bits per heavy atom. The maximum Gasteiger partial charge on any atom is 0.243 e. The third-order valence-electron chi connectivity index (χ3n) is 6.29. The minimum Gasteiger partial charge on any atom is -0.481 e. The van der Waals surface area contributed by atoms with Crippen LogP contribution in [0.15, 0.2) is 47.4 Å². The molecule has 11 nitrogen and oxygen atoms in total. The Bertz CT molecular complexity index is 1240. The van der Waals surface area contributed by atoms with Gasteiger partial charge in [0, 0.05) is 30.3 Å². The van der Waals surface area contributed by atoms with Crippen molar-refractivity contribution in [3.05, 3.63) is 48.2 Å². The molecule has 2 bridgehead atoms. The van der Waals surface area contributed by atoms with Gasteiger partial charge in [0.05, 0.1) is 24.3 Å². The summed E-state index contributed by atoms with van der Waals surface area (Å²) in [4.78, 5) is 9.28. The van der Waals surface area contributed by atoms with E-state index < -0.39 is 10.0 Å². The quantitative estimate of drug-likeness (QED) is 0.377. The molecule has 4 N–H and O–H groups in total. The van der Waals surface area contributed by atoms with Gasteiger partial charge in [-0.3, -0.25) is 5.10 Å². The molecule has 0 aliphatic carbocycles. The Hall–Kier alpha value is -3.22. The summed E-state index contributed by atoms with van der Waals surface area (Å²) in [6.45, 7) is -0.143.